The van der Waals surface area contributed by atoms with E-state index in [0.717, 1.165) is 26.1 Å². The van der Waals surface area contributed by atoms with Crippen LogP contribution in [0.3, 0.4) is 0 Å². The van der Waals surface area contributed by atoms with Crippen molar-refractivity contribution in [1.29, 1.82) is 0 Å². The predicted molar refractivity (Wildman–Crippen MR) is 129 cm³/mol. The first-order chi connectivity index (χ1) is 16.0. The number of aromatic nitrogens is 2. The van der Waals surface area contributed by atoms with Crippen LogP contribution in [0.25, 0.3) is 10.2 Å². The summed E-state index contributed by atoms with van der Waals surface area (Å²) >= 11 is 1.30. The van der Waals surface area contributed by atoms with Crippen molar-refractivity contribution in [2.75, 3.05) is 44.2 Å². The van der Waals surface area contributed by atoms with Gasteiger partial charge in [0.15, 0.2) is 0 Å². The van der Waals surface area contributed by atoms with Crippen molar-refractivity contribution in [2.45, 2.75) is 26.3 Å². The number of amides is 2. The van der Waals surface area contributed by atoms with Gasteiger partial charge in [0.05, 0.1) is 16.6 Å². The molecule has 172 valence electrons. The van der Waals surface area contributed by atoms with Crippen LogP contribution in [0.4, 0.5) is 5.69 Å². The number of thiophene rings is 1. The third-order valence-corrected chi connectivity index (χ3v) is 7.77. The molecule has 3 aromatic rings. The Labute approximate surface area is 196 Å². The summed E-state index contributed by atoms with van der Waals surface area (Å²) in [6, 6.07) is 10.2. The summed E-state index contributed by atoms with van der Waals surface area (Å²) in [6.45, 7) is 6.34. The third-order valence-electron chi connectivity index (χ3n) is 6.58. The molecule has 0 spiro atoms. The Morgan fingerprint density at radius 1 is 1.03 bits per heavy atom. The lowest BCUT2D eigenvalue weighted by molar-refractivity contribution is -0.127. The third kappa shape index (κ3) is 4.13. The Kier molecular flexibility index (Phi) is 5.88. The lowest BCUT2D eigenvalue weighted by Gasteiger charge is -2.36. The molecule has 2 amide bonds. The molecule has 0 saturated carbocycles. The Morgan fingerprint density at radius 2 is 1.79 bits per heavy atom. The molecule has 8 nitrogen and oxygen atoms in total. The first-order valence-corrected chi connectivity index (χ1v) is 12.2. The topological polar surface area (TPSA) is 78.8 Å². The fourth-order valence-corrected chi connectivity index (χ4v) is 5.75. The number of nitrogens with zero attached hydrogens (tertiary/aromatic N) is 5. The van der Waals surface area contributed by atoms with Crippen LogP contribution in [-0.4, -0.2) is 70.4 Å². The number of benzene rings is 1. The smallest absolute Gasteiger partial charge is 0.264 e. The van der Waals surface area contributed by atoms with E-state index >= 15 is 0 Å². The molecule has 0 bridgehead atoms. The van der Waals surface area contributed by atoms with E-state index in [1.54, 1.807) is 9.47 Å². The van der Waals surface area contributed by atoms with Crippen molar-refractivity contribution in [3.05, 3.63) is 57.5 Å². The number of rotatable bonds is 5. The van der Waals surface area contributed by atoms with Crippen molar-refractivity contribution in [1.82, 2.24) is 19.4 Å². The number of hydrogen-bond acceptors (Lipinski definition) is 6. The average molecular weight is 466 g/mol. The van der Waals surface area contributed by atoms with Crippen LogP contribution in [0.1, 0.15) is 28.1 Å². The van der Waals surface area contributed by atoms with Gasteiger partial charge in [-0.2, -0.15) is 0 Å². The van der Waals surface area contributed by atoms with Crippen LogP contribution < -0.4 is 10.5 Å². The standard InChI is InChI=1S/C24H27N5O3S/c1-17-20-22(25-16-29(23(20)31)15-12-27-9-5-8-19(27)30)33-21(17)24(32)28-13-10-26(11-14-28)18-6-3-2-4-7-18/h2-4,6-7,16H,5,8-15H2,1H3. The SMILES string of the molecule is Cc1c(C(=O)N2CCN(c3ccccc3)CC2)sc2ncn(CCN3CCCC3=O)c(=O)c12. The number of piperazine rings is 1. The molecule has 2 aliphatic rings. The first-order valence-electron chi connectivity index (χ1n) is 11.4. The fourth-order valence-electron chi connectivity index (χ4n) is 4.64. The van der Waals surface area contributed by atoms with Gasteiger partial charge in [-0.05, 0) is 31.0 Å². The van der Waals surface area contributed by atoms with E-state index in [9.17, 15) is 14.4 Å². The molecule has 5 rings (SSSR count). The molecule has 0 aliphatic carbocycles. The summed E-state index contributed by atoms with van der Waals surface area (Å²) < 4.78 is 1.56. The van der Waals surface area contributed by atoms with Crippen molar-refractivity contribution >= 4 is 39.1 Å². The molecule has 0 N–H and O–H groups in total. The summed E-state index contributed by atoms with van der Waals surface area (Å²) in [4.78, 5) is 49.9. The van der Waals surface area contributed by atoms with Crippen LogP contribution in [0.2, 0.25) is 0 Å². The Hall–Kier alpha value is -3.20. The van der Waals surface area contributed by atoms with E-state index < -0.39 is 0 Å². The Bertz CT molecular complexity index is 1240. The summed E-state index contributed by atoms with van der Waals surface area (Å²) in [5, 5.41) is 0.515. The number of carbonyl (C=O) groups excluding carboxylic acids is 2. The van der Waals surface area contributed by atoms with E-state index in [0.29, 0.717) is 53.3 Å². The van der Waals surface area contributed by atoms with Gasteiger partial charge in [-0.25, -0.2) is 4.98 Å². The van der Waals surface area contributed by atoms with Crippen molar-refractivity contribution in [3.63, 3.8) is 0 Å². The highest BCUT2D eigenvalue weighted by Crippen LogP contribution is 2.28. The van der Waals surface area contributed by atoms with Gasteiger partial charge >= 0.3 is 0 Å². The normalized spacial score (nSPS) is 16.8. The second-order valence-electron chi connectivity index (χ2n) is 8.58. The maximum Gasteiger partial charge on any atom is 0.264 e. The number of aryl methyl sites for hydroxylation is 1. The minimum atomic E-state index is -0.145. The molecule has 4 heterocycles. The Morgan fingerprint density at radius 3 is 2.48 bits per heavy atom. The molecule has 2 aliphatic heterocycles. The van der Waals surface area contributed by atoms with Crippen LogP contribution in [0, 0.1) is 6.92 Å². The molecular formula is C24H27N5O3S. The zero-order valence-electron chi connectivity index (χ0n) is 18.7. The highest BCUT2D eigenvalue weighted by molar-refractivity contribution is 7.20. The van der Waals surface area contributed by atoms with Gasteiger partial charge in [-0.1, -0.05) is 18.2 Å². The highest BCUT2D eigenvalue weighted by atomic mass is 32.1. The largest absolute Gasteiger partial charge is 0.368 e. The predicted octanol–water partition coefficient (Wildman–Crippen LogP) is 2.35. The van der Waals surface area contributed by atoms with Gasteiger partial charge in [-0.15, -0.1) is 11.3 Å². The number of hydrogen-bond donors (Lipinski definition) is 0. The number of anilines is 1. The van der Waals surface area contributed by atoms with Gasteiger partial charge in [0.2, 0.25) is 5.91 Å². The van der Waals surface area contributed by atoms with Gasteiger partial charge in [0.1, 0.15) is 4.83 Å². The minimum Gasteiger partial charge on any atom is -0.368 e. The number of carbonyl (C=O) groups is 2. The Balaban J connectivity index is 1.32. The maximum atomic E-state index is 13.3. The lowest BCUT2D eigenvalue weighted by Crippen LogP contribution is -2.48. The first kappa shape index (κ1) is 21.6. The summed E-state index contributed by atoms with van der Waals surface area (Å²) in [5.74, 6) is 0.112. The molecule has 1 aromatic carbocycles. The van der Waals surface area contributed by atoms with Crippen LogP contribution in [0.5, 0.6) is 0 Å². The molecule has 0 atom stereocenters. The molecular weight excluding hydrogens is 438 g/mol. The highest BCUT2D eigenvalue weighted by Gasteiger charge is 2.27. The molecule has 0 radical (unpaired) electrons. The monoisotopic (exact) mass is 465 g/mol. The summed E-state index contributed by atoms with van der Waals surface area (Å²) in [5.41, 5.74) is 1.73. The van der Waals surface area contributed by atoms with Gasteiger partial charge in [0, 0.05) is 57.9 Å². The average Bonchev–Trinajstić information content (AvgIpc) is 3.41. The maximum absolute atomic E-state index is 13.3. The number of likely N-dealkylation sites (tertiary alicyclic amines) is 1. The minimum absolute atomic E-state index is 0.0307. The lowest BCUT2D eigenvalue weighted by atomic mass is 10.2. The zero-order valence-corrected chi connectivity index (χ0v) is 19.5. The van der Waals surface area contributed by atoms with Crippen LogP contribution in [0.15, 0.2) is 41.5 Å². The molecule has 9 heteroatoms. The van der Waals surface area contributed by atoms with E-state index in [4.69, 9.17) is 0 Å². The van der Waals surface area contributed by atoms with Crippen molar-refractivity contribution in [3.8, 4) is 0 Å². The van der Waals surface area contributed by atoms with Crippen LogP contribution >= 0.6 is 11.3 Å². The molecule has 0 unspecified atom stereocenters. The van der Waals surface area contributed by atoms with E-state index in [2.05, 4.69) is 22.0 Å². The van der Waals surface area contributed by atoms with Gasteiger partial charge in [0.25, 0.3) is 11.5 Å². The number of para-hydroxylation sites is 1. The van der Waals surface area contributed by atoms with Gasteiger partial charge < -0.3 is 14.7 Å². The van der Waals surface area contributed by atoms with E-state index in [1.165, 1.54) is 23.4 Å². The van der Waals surface area contributed by atoms with Crippen LogP contribution in [-0.2, 0) is 11.3 Å². The second-order valence-corrected chi connectivity index (χ2v) is 9.58. The van der Waals surface area contributed by atoms with Gasteiger partial charge in [-0.3, -0.25) is 19.0 Å². The molecule has 2 saturated heterocycles. The quantitative estimate of drug-likeness (QED) is 0.578. The molecule has 2 aromatic heterocycles. The van der Waals surface area contributed by atoms with Crippen molar-refractivity contribution < 1.29 is 9.59 Å². The summed E-state index contributed by atoms with van der Waals surface area (Å²) in [6.07, 6.45) is 2.99. The summed E-state index contributed by atoms with van der Waals surface area (Å²) in [7, 11) is 0. The van der Waals surface area contributed by atoms with E-state index in [1.807, 2.05) is 30.0 Å². The molecule has 33 heavy (non-hydrogen) atoms. The second kappa shape index (κ2) is 8.97. The molecule has 2 fully saturated rings. The van der Waals surface area contributed by atoms with E-state index in [-0.39, 0.29) is 17.4 Å². The van der Waals surface area contributed by atoms with Crippen molar-refractivity contribution in [2.24, 2.45) is 0 Å². The fraction of sp³-hybridized carbons (Fsp3) is 0.417. The number of fused-ring (bicyclic) bond motifs is 1. The zero-order chi connectivity index (χ0) is 22.9.